The molecule has 132 valence electrons. The number of aryl methyl sites for hydroxylation is 1. The molecule has 2 aromatic heterocycles. The third-order valence-electron chi connectivity index (χ3n) is 5.00. The van der Waals surface area contributed by atoms with Gasteiger partial charge in [0.2, 0.25) is 0 Å². The molecule has 6 heteroatoms. The third kappa shape index (κ3) is 2.90. The minimum Gasteiger partial charge on any atom is -0.509 e. The van der Waals surface area contributed by atoms with E-state index in [-0.39, 0.29) is 11.3 Å². The van der Waals surface area contributed by atoms with Crippen LogP contribution in [0.25, 0.3) is 16.6 Å². The summed E-state index contributed by atoms with van der Waals surface area (Å²) in [6.07, 6.45) is 2.19. The molecule has 5 nitrogen and oxygen atoms in total. The van der Waals surface area contributed by atoms with Crippen molar-refractivity contribution in [1.82, 2.24) is 14.5 Å². The van der Waals surface area contributed by atoms with Crippen LogP contribution >= 0.6 is 11.3 Å². The Morgan fingerprint density at radius 1 is 1.35 bits per heavy atom. The van der Waals surface area contributed by atoms with Crippen LogP contribution in [0, 0.1) is 11.3 Å². The van der Waals surface area contributed by atoms with Gasteiger partial charge in [-0.2, -0.15) is 5.26 Å². The standard InChI is InChI=1S/C20H20N4OS/c1-23-16-7-3-2-6-15(16)22-20(23)14(12-21)18(25)13-24-10-4-8-17(24)19-9-5-11-26-19/h2-3,5-7,9,11,17,25H,4,8,10,13H2,1H3. The van der Waals surface area contributed by atoms with Crippen molar-refractivity contribution in [3.63, 3.8) is 0 Å². The van der Waals surface area contributed by atoms with Gasteiger partial charge in [-0.05, 0) is 43.0 Å². The Morgan fingerprint density at radius 2 is 2.19 bits per heavy atom. The molecule has 0 bridgehead atoms. The van der Waals surface area contributed by atoms with Crippen molar-refractivity contribution in [1.29, 1.82) is 5.26 Å². The molecule has 0 aliphatic carbocycles. The Kier molecular flexibility index (Phi) is 4.49. The van der Waals surface area contributed by atoms with Crippen molar-refractivity contribution in [3.8, 4) is 6.07 Å². The molecule has 1 N–H and O–H groups in total. The van der Waals surface area contributed by atoms with E-state index in [1.807, 2.05) is 35.9 Å². The molecule has 3 heterocycles. The zero-order valence-electron chi connectivity index (χ0n) is 14.6. The third-order valence-corrected chi connectivity index (χ3v) is 5.97. The lowest BCUT2D eigenvalue weighted by Gasteiger charge is -2.23. The van der Waals surface area contributed by atoms with Crippen molar-refractivity contribution in [2.75, 3.05) is 13.1 Å². The fourth-order valence-electron chi connectivity index (χ4n) is 3.70. The van der Waals surface area contributed by atoms with Gasteiger partial charge in [0.1, 0.15) is 17.4 Å². The average molecular weight is 364 g/mol. The predicted molar refractivity (Wildman–Crippen MR) is 104 cm³/mol. The van der Waals surface area contributed by atoms with Crippen LogP contribution in [0.4, 0.5) is 0 Å². The van der Waals surface area contributed by atoms with E-state index in [9.17, 15) is 10.4 Å². The number of hydrogen-bond donors (Lipinski definition) is 1. The first-order chi connectivity index (χ1) is 12.7. The number of hydrogen-bond acceptors (Lipinski definition) is 5. The highest BCUT2D eigenvalue weighted by Gasteiger charge is 2.28. The summed E-state index contributed by atoms with van der Waals surface area (Å²) in [5.41, 5.74) is 2.02. The van der Waals surface area contributed by atoms with E-state index in [0.717, 1.165) is 30.4 Å². The topological polar surface area (TPSA) is 65.1 Å². The largest absolute Gasteiger partial charge is 0.509 e. The van der Waals surface area contributed by atoms with E-state index >= 15 is 0 Å². The summed E-state index contributed by atoms with van der Waals surface area (Å²) in [6, 6.07) is 14.4. The molecular weight excluding hydrogens is 344 g/mol. The lowest BCUT2D eigenvalue weighted by Crippen LogP contribution is -2.25. The van der Waals surface area contributed by atoms with Crippen LogP contribution in [0.2, 0.25) is 0 Å². The van der Waals surface area contributed by atoms with Crippen LogP contribution < -0.4 is 0 Å². The van der Waals surface area contributed by atoms with Gasteiger partial charge in [-0.25, -0.2) is 4.98 Å². The monoisotopic (exact) mass is 364 g/mol. The average Bonchev–Trinajstić information content (AvgIpc) is 3.37. The highest BCUT2D eigenvalue weighted by atomic mass is 32.1. The minimum absolute atomic E-state index is 0.0920. The molecular formula is C20H20N4OS. The van der Waals surface area contributed by atoms with Gasteiger partial charge >= 0.3 is 0 Å². The molecule has 1 unspecified atom stereocenters. The maximum absolute atomic E-state index is 10.8. The van der Waals surface area contributed by atoms with Gasteiger partial charge in [-0.3, -0.25) is 4.90 Å². The fraction of sp³-hybridized carbons (Fsp3) is 0.300. The van der Waals surface area contributed by atoms with E-state index in [1.165, 1.54) is 4.88 Å². The second-order valence-corrected chi connectivity index (χ2v) is 7.54. The van der Waals surface area contributed by atoms with Gasteiger partial charge < -0.3 is 9.67 Å². The normalized spacial score (nSPS) is 18.8. The smallest absolute Gasteiger partial charge is 0.155 e. The number of imidazole rings is 1. The van der Waals surface area contributed by atoms with Crippen LogP contribution in [0.3, 0.4) is 0 Å². The second kappa shape index (κ2) is 6.94. The van der Waals surface area contributed by atoms with E-state index in [1.54, 1.807) is 11.3 Å². The Bertz CT molecular complexity index is 997. The van der Waals surface area contributed by atoms with E-state index in [2.05, 4.69) is 33.5 Å². The number of fused-ring (bicyclic) bond motifs is 1. The van der Waals surface area contributed by atoms with Gasteiger partial charge in [0.05, 0.1) is 17.6 Å². The number of allylic oxidation sites excluding steroid dienone is 1. The van der Waals surface area contributed by atoms with Gasteiger partial charge in [-0.1, -0.05) is 18.2 Å². The van der Waals surface area contributed by atoms with E-state index < -0.39 is 0 Å². The van der Waals surface area contributed by atoms with Crippen molar-refractivity contribution in [3.05, 3.63) is 58.2 Å². The van der Waals surface area contributed by atoms with Crippen molar-refractivity contribution in [2.24, 2.45) is 7.05 Å². The number of rotatable bonds is 4. The van der Waals surface area contributed by atoms with Crippen LogP contribution in [0.5, 0.6) is 0 Å². The number of aliphatic hydroxyl groups excluding tert-OH is 1. The molecule has 1 aliphatic heterocycles. The minimum atomic E-state index is 0.0920. The maximum atomic E-state index is 10.8. The number of likely N-dealkylation sites (tertiary alicyclic amines) is 1. The molecule has 1 aliphatic rings. The summed E-state index contributed by atoms with van der Waals surface area (Å²) in [7, 11) is 1.87. The van der Waals surface area contributed by atoms with Crippen molar-refractivity contribution < 1.29 is 5.11 Å². The highest BCUT2D eigenvalue weighted by molar-refractivity contribution is 7.10. The number of benzene rings is 1. The first-order valence-electron chi connectivity index (χ1n) is 8.70. The maximum Gasteiger partial charge on any atom is 0.155 e. The molecule has 1 aromatic carbocycles. The van der Waals surface area contributed by atoms with Crippen LogP contribution in [0.1, 0.15) is 29.6 Å². The zero-order chi connectivity index (χ0) is 18.1. The molecule has 0 radical (unpaired) electrons. The zero-order valence-corrected chi connectivity index (χ0v) is 15.4. The molecule has 26 heavy (non-hydrogen) atoms. The SMILES string of the molecule is Cn1c(C(C#N)=C(O)CN2CCCC2c2cccs2)nc2ccccc21. The summed E-state index contributed by atoms with van der Waals surface area (Å²) in [5.74, 6) is 0.604. The number of thiophene rings is 1. The molecule has 0 amide bonds. The summed E-state index contributed by atoms with van der Waals surface area (Å²) >= 11 is 1.75. The summed E-state index contributed by atoms with van der Waals surface area (Å²) in [6.45, 7) is 1.29. The predicted octanol–water partition coefficient (Wildman–Crippen LogP) is 4.26. The first kappa shape index (κ1) is 16.8. The van der Waals surface area contributed by atoms with E-state index in [4.69, 9.17) is 0 Å². The van der Waals surface area contributed by atoms with Crippen LogP contribution in [-0.2, 0) is 7.05 Å². The number of aliphatic hydroxyl groups is 1. The molecule has 3 aromatic rings. The summed E-state index contributed by atoms with van der Waals surface area (Å²) < 4.78 is 1.87. The number of nitriles is 1. The van der Waals surface area contributed by atoms with Crippen LogP contribution in [-0.4, -0.2) is 32.6 Å². The molecule has 1 saturated heterocycles. The molecule has 0 spiro atoms. The summed E-state index contributed by atoms with van der Waals surface area (Å²) in [4.78, 5) is 8.12. The van der Waals surface area contributed by atoms with Crippen molar-refractivity contribution in [2.45, 2.75) is 18.9 Å². The number of nitrogens with zero attached hydrogens (tertiary/aromatic N) is 4. The molecule has 1 fully saturated rings. The van der Waals surface area contributed by atoms with Gasteiger partial charge in [0, 0.05) is 18.0 Å². The molecule has 4 rings (SSSR count). The van der Waals surface area contributed by atoms with E-state index in [0.29, 0.717) is 18.4 Å². The quantitative estimate of drug-likeness (QED) is 0.555. The van der Waals surface area contributed by atoms with Gasteiger partial charge in [-0.15, -0.1) is 11.3 Å². The molecule has 0 saturated carbocycles. The highest BCUT2D eigenvalue weighted by Crippen LogP contribution is 2.35. The summed E-state index contributed by atoms with van der Waals surface area (Å²) in [5, 5.41) is 22.5. The Labute approximate surface area is 156 Å². The number of aromatic nitrogens is 2. The van der Waals surface area contributed by atoms with Crippen LogP contribution in [0.15, 0.2) is 47.5 Å². The fourth-order valence-corrected chi connectivity index (χ4v) is 4.60. The Morgan fingerprint density at radius 3 is 2.92 bits per heavy atom. The second-order valence-electron chi connectivity index (χ2n) is 6.56. The van der Waals surface area contributed by atoms with Gasteiger partial charge in [0.25, 0.3) is 0 Å². The first-order valence-corrected chi connectivity index (χ1v) is 9.58. The van der Waals surface area contributed by atoms with Gasteiger partial charge in [0.15, 0.2) is 5.82 Å². The number of para-hydroxylation sites is 2. The van der Waals surface area contributed by atoms with Crippen molar-refractivity contribution >= 4 is 27.9 Å². The lowest BCUT2D eigenvalue weighted by atomic mass is 10.1. The molecule has 1 atom stereocenters. The Balaban J connectivity index is 1.67. The Hall–Kier alpha value is -2.62. The lowest BCUT2D eigenvalue weighted by molar-refractivity contribution is 0.239.